The Morgan fingerprint density at radius 3 is 2.58 bits per heavy atom. The lowest BCUT2D eigenvalue weighted by atomic mass is 10.1. The Bertz CT molecular complexity index is 572. The molecular weight excluding hydrogens is 281 g/mol. The highest BCUT2D eigenvalue weighted by atomic mass is 35.5. The number of hydrogen-bond acceptors (Lipinski definition) is 2. The molecular formula is C15H15Cl2NO. The first-order valence-corrected chi connectivity index (χ1v) is 6.77. The van der Waals surface area contributed by atoms with E-state index >= 15 is 0 Å². The minimum atomic E-state index is 0.00421. The molecule has 0 heterocycles. The molecule has 0 aromatic heterocycles. The van der Waals surface area contributed by atoms with Crippen LogP contribution in [0.25, 0.3) is 0 Å². The van der Waals surface area contributed by atoms with E-state index in [1.54, 1.807) is 6.07 Å². The molecule has 2 aromatic rings. The summed E-state index contributed by atoms with van der Waals surface area (Å²) < 4.78 is 0. The number of para-hydroxylation sites is 1. The lowest BCUT2D eigenvalue weighted by Crippen LogP contribution is -2.09. The molecule has 2 aromatic carbocycles. The van der Waals surface area contributed by atoms with Crippen LogP contribution in [0.1, 0.15) is 24.1 Å². The van der Waals surface area contributed by atoms with Crippen LogP contribution >= 0.6 is 23.2 Å². The van der Waals surface area contributed by atoms with Crippen LogP contribution in [-0.4, -0.2) is 5.11 Å². The van der Waals surface area contributed by atoms with Crippen molar-refractivity contribution in [3.05, 3.63) is 63.6 Å². The molecule has 0 saturated heterocycles. The standard InChI is InChI=1S/C15H15Cl2NO/c1-10(13-7-6-12(16)8-14(13)17)18-15-5-3-2-4-11(15)9-19/h2-8,10,18-19H,9H2,1H3. The fourth-order valence-corrected chi connectivity index (χ4v) is 2.53. The van der Waals surface area contributed by atoms with E-state index in [0.29, 0.717) is 10.0 Å². The SMILES string of the molecule is CC(Nc1ccccc1CO)c1ccc(Cl)cc1Cl. The number of nitrogens with one attached hydrogen (secondary N) is 1. The van der Waals surface area contributed by atoms with Crippen molar-refractivity contribution in [2.45, 2.75) is 19.6 Å². The summed E-state index contributed by atoms with van der Waals surface area (Å²) in [5, 5.41) is 13.9. The van der Waals surface area contributed by atoms with Gasteiger partial charge in [-0.15, -0.1) is 0 Å². The zero-order valence-electron chi connectivity index (χ0n) is 10.5. The van der Waals surface area contributed by atoms with Crippen molar-refractivity contribution in [3.63, 3.8) is 0 Å². The number of benzene rings is 2. The average molecular weight is 296 g/mol. The lowest BCUT2D eigenvalue weighted by molar-refractivity contribution is 0.282. The van der Waals surface area contributed by atoms with E-state index in [0.717, 1.165) is 16.8 Å². The zero-order valence-corrected chi connectivity index (χ0v) is 12.0. The van der Waals surface area contributed by atoms with Gasteiger partial charge in [0, 0.05) is 21.3 Å². The third-order valence-corrected chi connectivity index (χ3v) is 3.55. The molecule has 0 saturated carbocycles. The molecule has 0 radical (unpaired) electrons. The molecule has 0 aliphatic heterocycles. The van der Waals surface area contributed by atoms with E-state index < -0.39 is 0 Å². The zero-order chi connectivity index (χ0) is 13.8. The Labute approximate surface area is 123 Å². The first kappa shape index (κ1) is 14.2. The highest BCUT2D eigenvalue weighted by Gasteiger charge is 2.11. The molecule has 19 heavy (non-hydrogen) atoms. The van der Waals surface area contributed by atoms with Crippen LogP contribution in [-0.2, 0) is 6.61 Å². The third-order valence-electron chi connectivity index (χ3n) is 2.99. The molecule has 0 aliphatic carbocycles. The first-order chi connectivity index (χ1) is 9.11. The number of rotatable bonds is 4. The molecule has 2 rings (SSSR count). The Balaban J connectivity index is 2.23. The Morgan fingerprint density at radius 2 is 1.89 bits per heavy atom. The summed E-state index contributed by atoms with van der Waals surface area (Å²) in [6, 6.07) is 13.1. The van der Waals surface area contributed by atoms with Gasteiger partial charge in [0.05, 0.1) is 12.6 Å². The largest absolute Gasteiger partial charge is 0.392 e. The minimum absolute atomic E-state index is 0.00421. The van der Waals surface area contributed by atoms with E-state index in [2.05, 4.69) is 5.32 Å². The maximum absolute atomic E-state index is 9.31. The van der Waals surface area contributed by atoms with Gasteiger partial charge in [0.2, 0.25) is 0 Å². The number of halogens is 2. The molecule has 2 N–H and O–H groups in total. The summed E-state index contributed by atoms with van der Waals surface area (Å²) in [4.78, 5) is 0. The number of anilines is 1. The van der Waals surface area contributed by atoms with Crippen LogP contribution < -0.4 is 5.32 Å². The van der Waals surface area contributed by atoms with Crippen molar-refractivity contribution >= 4 is 28.9 Å². The van der Waals surface area contributed by atoms with Crippen molar-refractivity contribution in [2.24, 2.45) is 0 Å². The molecule has 2 nitrogen and oxygen atoms in total. The van der Waals surface area contributed by atoms with Crippen LogP contribution in [0.5, 0.6) is 0 Å². The molecule has 0 fully saturated rings. The smallest absolute Gasteiger partial charge is 0.0701 e. The van der Waals surface area contributed by atoms with E-state index in [9.17, 15) is 5.11 Å². The minimum Gasteiger partial charge on any atom is -0.392 e. The molecule has 100 valence electrons. The van der Waals surface area contributed by atoms with Crippen LogP contribution in [0.3, 0.4) is 0 Å². The molecule has 0 aliphatic rings. The van der Waals surface area contributed by atoms with Gasteiger partial charge in [-0.1, -0.05) is 47.5 Å². The third kappa shape index (κ3) is 3.41. The second-order valence-electron chi connectivity index (χ2n) is 4.35. The molecule has 4 heteroatoms. The first-order valence-electron chi connectivity index (χ1n) is 6.02. The Morgan fingerprint density at radius 1 is 1.16 bits per heavy atom. The second-order valence-corrected chi connectivity index (χ2v) is 5.19. The number of aliphatic hydroxyl groups is 1. The normalized spacial score (nSPS) is 12.2. The number of hydrogen-bond donors (Lipinski definition) is 2. The van der Waals surface area contributed by atoms with Gasteiger partial charge in [0.25, 0.3) is 0 Å². The van der Waals surface area contributed by atoms with Crippen molar-refractivity contribution in [3.8, 4) is 0 Å². The highest BCUT2D eigenvalue weighted by molar-refractivity contribution is 6.35. The fraction of sp³-hybridized carbons (Fsp3) is 0.200. The summed E-state index contributed by atoms with van der Waals surface area (Å²) in [5.41, 5.74) is 2.74. The van der Waals surface area contributed by atoms with E-state index in [1.165, 1.54) is 0 Å². The Hall–Kier alpha value is -1.22. The molecule has 1 unspecified atom stereocenters. The summed E-state index contributed by atoms with van der Waals surface area (Å²) >= 11 is 12.1. The van der Waals surface area contributed by atoms with Crippen LogP contribution in [0, 0.1) is 0 Å². The quantitative estimate of drug-likeness (QED) is 0.860. The number of aliphatic hydroxyl groups excluding tert-OH is 1. The van der Waals surface area contributed by atoms with E-state index in [-0.39, 0.29) is 12.6 Å². The van der Waals surface area contributed by atoms with Gasteiger partial charge in [0.1, 0.15) is 0 Å². The van der Waals surface area contributed by atoms with Gasteiger partial charge in [-0.05, 0) is 30.7 Å². The van der Waals surface area contributed by atoms with Gasteiger partial charge in [-0.25, -0.2) is 0 Å². The molecule has 1 atom stereocenters. The van der Waals surface area contributed by atoms with Gasteiger partial charge in [-0.3, -0.25) is 0 Å². The molecule has 0 spiro atoms. The van der Waals surface area contributed by atoms with Crippen molar-refractivity contribution < 1.29 is 5.11 Å². The van der Waals surface area contributed by atoms with Crippen LogP contribution in [0.2, 0.25) is 10.0 Å². The van der Waals surface area contributed by atoms with E-state index in [1.807, 2.05) is 43.3 Å². The maximum atomic E-state index is 9.31. The van der Waals surface area contributed by atoms with Crippen LogP contribution in [0.15, 0.2) is 42.5 Å². The fourth-order valence-electron chi connectivity index (χ4n) is 1.96. The second kappa shape index (κ2) is 6.29. The summed E-state index contributed by atoms with van der Waals surface area (Å²) in [5.74, 6) is 0. The van der Waals surface area contributed by atoms with Gasteiger partial charge in [-0.2, -0.15) is 0 Å². The summed E-state index contributed by atoms with van der Waals surface area (Å²) in [6.45, 7) is 2.02. The predicted molar refractivity (Wildman–Crippen MR) is 80.9 cm³/mol. The highest BCUT2D eigenvalue weighted by Crippen LogP contribution is 2.29. The Kier molecular flexibility index (Phi) is 4.70. The summed E-state index contributed by atoms with van der Waals surface area (Å²) in [7, 11) is 0. The predicted octanol–water partition coefficient (Wildman–Crippen LogP) is 4.66. The van der Waals surface area contributed by atoms with Crippen molar-refractivity contribution in [1.82, 2.24) is 0 Å². The monoisotopic (exact) mass is 295 g/mol. The van der Waals surface area contributed by atoms with Crippen molar-refractivity contribution in [2.75, 3.05) is 5.32 Å². The summed E-state index contributed by atoms with van der Waals surface area (Å²) in [6.07, 6.45) is 0. The van der Waals surface area contributed by atoms with Crippen molar-refractivity contribution in [1.29, 1.82) is 0 Å². The maximum Gasteiger partial charge on any atom is 0.0701 e. The lowest BCUT2D eigenvalue weighted by Gasteiger charge is -2.19. The van der Waals surface area contributed by atoms with E-state index in [4.69, 9.17) is 23.2 Å². The van der Waals surface area contributed by atoms with Crippen LogP contribution in [0.4, 0.5) is 5.69 Å². The average Bonchev–Trinajstić information content (AvgIpc) is 2.39. The molecule has 0 amide bonds. The van der Waals surface area contributed by atoms with Gasteiger partial charge >= 0.3 is 0 Å². The van der Waals surface area contributed by atoms with Gasteiger partial charge < -0.3 is 10.4 Å². The van der Waals surface area contributed by atoms with Gasteiger partial charge in [0.15, 0.2) is 0 Å². The molecule has 0 bridgehead atoms. The topological polar surface area (TPSA) is 32.3 Å².